The molecule has 2 aromatic rings. The van der Waals surface area contributed by atoms with Gasteiger partial charge in [0.15, 0.2) is 16.7 Å². The van der Waals surface area contributed by atoms with Gasteiger partial charge in [0.25, 0.3) is 11.7 Å². The Bertz CT molecular complexity index is 1130. The number of carbonyl (C=O) groups excluding carboxylic acids is 1. The number of aromatic nitrogens is 1. The number of thiocarbonyl (C=S) groups is 1. The highest BCUT2D eigenvalue weighted by molar-refractivity contribution is 7.81. The van der Waals surface area contributed by atoms with Gasteiger partial charge in [-0.2, -0.15) is 0 Å². The molecule has 1 aromatic heterocycles. The Morgan fingerprint density at radius 2 is 2.00 bits per heavy atom. The van der Waals surface area contributed by atoms with E-state index >= 15 is 0 Å². The van der Waals surface area contributed by atoms with Crippen molar-refractivity contribution < 1.29 is 18.7 Å². The van der Waals surface area contributed by atoms with E-state index in [1.54, 1.807) is 37.1 Å². The Hall–Kier alpha value is -3.09. The van der Waals surface area contributed by atoms with Gasteiger partial charge in [-0.15, -0.1) is 4.98 Å². The fraction of sp³-hybridized carbons (Fsp3) is 0.417. The minimum Gasteiger partial charge on any atom is -0.491 e. The van der Waals surface area contributed by atoms with E-state index in [1.165, 1.54) is 17.2 Å². The van der Waals surface area contributed by atoms with Gasteiger partial charge in [-0.1, -0.05) is 6.57 Å². The topological polar surface area (TPSA) is 59.3 Å². The lowest BCUT2D eigenvalue weighted by atomic mass is 9.75. The zero-order valence-electron chi connectivity index (χ0n) is 18.6. The van der Waals surface area contributed by atoms with Gasteiger partial charge in [-0.25, -0.2) is 4.39 Å². The van der Waals surface area contributed by atoms with Crippen molar-refractivity contribution in [3.63, 3.8) is 0 Å². The standard InChI is InChI=1S/C24H25FN4O3S/c1-16-13-18(15-27-21(16)26-2)28-22(30)24(9-6-10-24)29(23(28)33)17-7-8-20(19(25)14-17)32-12-5-4-11-31-3/h7-8,13-15H,4-6,9-12H2,1,3H3. The molecule has 0 radical (unpaired) electrons. The van der Waals surface area contributed by atoms with Gasteiger partial charge in [0.1, 0.15) is 11.7 Å². The first-order chi connectivity index (χ1) is 15.9. The van der Waals surface area contributed by atoms with Crippen LogP contribution in [0.2, 0.25) is 0 Å². The maximum atomic E-state index is 14.9. The SMILES string of the molecule is [C-]#[N+]c1ncc(N2C(=O)C3(CCC3)N(c3ccc(OCCCCOC)c(F)c3)C2=S)cc1C. The summed E-state index contributed by atoms with van der Waals surface area (Å²) >= 11 is 5.72. The van der Waals surface area contributed by atoms with Crippen LogP contribution in [-0.2, 0) is 9.53 Å². The molecule has 2 heterocycles. The molecule has 1 amide bonds. The van der Waals surface area contributed by atoms with Gasteiger partial charge >= 0.3 is 0 Å². The first-order valence-corrected chi connectivity index (χ1v) is 11.3. The third-order valence-electron chi connectivity index (χ3n) is 6.17. The fourth-order valence-corrected chi connectivity index (χ4v) is 4.75. The molecular weight excluding hydrogens is 443 g/mol. The Kier molecular flexibility index (Phi) is 6.58. The van der Waals surface area contributed by atoms with Crippen LogP contribution in [0.15, 0.2) is 30.5 Å². The van der Waals surface area contributed by atoms with Crippen LogP contribution in [0.5, 0.6) is 5.75 Å². The van der Waals surface area contributed by atoms with E-state index < -0.39 is 11.4 Å². The third-order valence-corrected chi connectivity index (χ3v) is 6.53. The number of hydrogen-bond acceptors (Lipinski definition) is 5. The summed E-state index contributed by atoms with van der Waals surface area (Å²) in [4.78, 5) is 24.3. The smallest absolute Gasteiger partial charge is 0.272 e. The number of carbonyl (C=O) groups is 1. The molecule has 0 atom stereocenters. The van der Waals surface area contributed by atoms with E-state index in [-0.39, 0.29) is 22.6 Å². The molecule has 1 saturated carbocycles. The molecule has 9 heteroatoms. The van der Waals surface area contributed by atoms with Crippen molar-refractivity contribution in [1.29, 1.82) is 0 Å². The molecule has 0 bridgehead atoms. The summed E-state index contributed by atoms with van der Waals surface area (Å²) in [5, 5.41) is 0.282. The zero-order valence-corrected chi connectivity index (χ0v) is 19.5. The summed E-state index contributed by atoms with van der Waals surface area (Å²) in [5.74, 6) is -0.191. The number of halogens is 1. The zero-order chi connectivity index (χ0) is 23.6. The molecule has 172 valence electrons. The molecule has 0 unspecified atom stereocenters. The van der Waals surface area contributed by atoms with Crippen LogP contribution >= 0.6 is 12.2 Å². The number of rotatable bonds is 8. The Labute approximate surface area is 197 Å². The van der Waals surface area contributed by atoms with E-state index in [4.69, 9.17) is 28.3 Å². The maximum Gasteiger partial charge on any atom is 0.272 e. The van der Waals surface area contributed by atoms with Gasteiger partial charge in [-0.05, 0) is 75.0 Å². The Balaban J connectivity index is 1.60. The van der Waals surface area contributed by atoms with E-state index in [0.717, 1.165) is 19.3 Å². The second-order valence-corrected chi connectivity index (χ2v) is 8.62. The average molecular weight is 469 g/mol. The number of unbranched alkanes of at least 4 members (excludes halogenated alkanes) is 1. The molecule has 2 aliphatic rings. The number of pyridine rings is 1. The summed E-state index contributed by atoms with van der Waals surface area (Å²) < 4.78 is 25.5. The predicted molar refractivity (Wildman–Crippen MR) is 127 cm³/mol. The number of aryl methyl sites for hydroxylation is 1. The number of methoxy groups -OCH3 is 1. The molecule has 1 aliphatic heterocycles. The Morgan fingerprint density at radius 1 is 1.24 bits per heavy atom. The molecule has 0 N–H and O–H groups in total. The molecule has 1 saturated heterocycles. The van der Waals surface area contributed by atoms with E-state index in [2.05, 4.69) is 9.83 Å². The number of anilines is 2. The lowest BCUT2D eigenvalue weighted by molar-refractivity contribution is -0.123. The van der Waals surface area contributed by atoms with Crippen molar-refractivity contribution in [2.75, 3.05) is 30.1 Å². The molecule has 1 aromatic carbocycles. The van der Waals surface area contributed by atoms with E-state index in [0.29, 0.717) is 43.0 Å². The molecule has 4 rings (SSSR count). The molecule has 2 fully saturated rings. The van der Waals surface area contributed by atoms with Gasteiger partial charge in [0, 0.05) is 25.5 Å². The van der Waals surface area contributed by atoms with Crippen molar-refractivity contribution in [3.8, 4) is 5.75 Å². The van der Waals surface area contributed by atoms with Crippen LogP contribution in [0.4, 0.5) is 21.6 Å². The van der Waals surface area contributed by atoms with Crippen molar-refractivity contribution in [2.24, 2.45) is 0 Å². The summed E-state index contributed by atoms with van der Waals surface area (Å²) in [5.41, 5.74) is 0.873. The van der Waals surface area contributed by atoms with E-state index in [1.807, 2.05) is 0 Å². The fourth-order valence-electron chi connectivity index (χ4n) is 4.28. The van der Waals surface area contributed by atoms with Crippen LogP contribution in [-0.4, -0.2) is 41.9 Å². The second-order valence-electron chi connectivity index (χ2n) is 8.25. The normalized spacial score (nSPS) is 16.8. The predicted octanol–water partition coefficient (Wildman–Crippen LogP) is 4.95. The summed E-state index contributed by atoms with van der Waals surface area (Å²) in [6, 6.07) is 6.43. The number of nitrogens with zero attached hydrogens (tertiary/aromatic N) is 4. The third kappa shape index (κ3) is 4.05. The van der Waals surface area contributed by atoms with Crippen LogP contribution in [0.25, 0.3) is 4.85 Å². The van der Waals surface area contributed by atoms with Crippen molar-refractivity contribution >= 4 is 40.4 Å². The highest BCUT2D eigenvalue weighted by atomic mass is 32.1. The van der Waals surface area contributed by atoms with E-state index in [9.17, 15) is 9.18 Å². The number of amides is 1. The summed E-state index contributed by atoms with van der Waals surface area (Å²) in [6.07, 6.45) is 5.24. The number of ether oxygens (including phenoxy) is 2. The summed E-state index contributed by atoms with van der Waals surface area (Å²) in [7, 11) is 1.64. The van der Waals surface area contributed by atoms with Gasteiger partial charge < -0.3 is 19.2 Å². The monoisotopic (exact) mass is 468 g/mol. The van der Waals surface area contributed by atoms with Crippen LogP contribution in [0, 0.1) is 19.3 Å². The van der Waals surface area contributed by atoms with Crippen molar-refractivity contribution in [2.45, 2.75) is 44.6 Å². The highest BCUT2D eigenvalue weighted by Crippen LogP contribution is 2.48. The van der Waals surface area contributed by atoms with Gasteiger partial charge in [-0.3, -0.25) is 9.69 Å². The van der Waals surface area contributed by atoms with Crippen LogP contribution in [0.1, 0.15) is 37.7 Å². The first kappa shape index (κ1) is 23.1. The number of hydrogen-bond donors (Lipinski definition) is 0. The second kappa shape index (κ2) is 9.41. The maximum absolute atomic E-state index is 14.9. The Morgan fingerprint density at radius 3 is 2.61 bits per heavy atom. The highest BCUT2D eigenvalue weighted by Gasteiger charge is 2.59. The molecule has 1 spiro atoms. The molecule has 33 heavy (non-hydrogen) atoms. The van der Waals surface area contributed by atoms with Crippen molar-refractivity contribution in [1.82, 2.24) is 4.98 Å². The minimum absolute atomic E-state index is 0.144. The molecule has 7 nitrogen and oxygen atoms in total. The van der Waals surface area contributed by atoms with Gasteiger partial charge in [0.2, 0.25) is 0 Å². The largest absolute Gasteiger partial charge is 0.491 e. The quantitative estimate of drug-likeness (QED) is 0.311. The van der Waals surface area contributed by atoms with Crippen molar-refractivity contribution in [3.05, 3.63) is 53.3 Å². The first-order valence-electron chi connectivity index (χ1n) is 10.9. The number of benzene rings is 1. The molecule has 1 aliphatic carbocycles. The molecular formula is C24H25FN4O3S. The lowest BCUT2D eigenvalue weighted by Gasteiger charge is -2.43. The van der Waals surface area contributed by atoms with Crippen LogP contribution in [0.3, 0.4) is 0 Å². The minimum atomic E-state index is -0.821. The average Bonchev–Trinajstić information content (AvgIpc) is 3.01. The lowest BCUT2D eigenvalue weighted by Crippen LogP contribution is -2.55. The van der Waals surface area contributed by atoms with Crippen LogP contribution < -0.4 is 14.5 Å². The summed E-state index contributed by atoms with van der Waals surface area (Å²) in [6.45, 7) is 10.00. The van der Waals surface area contributed by atoms with Gasteiger partial charge in [0.05, 0.1) is 12.3 Å².